The molecule has 0 bridgehead atoms. The van der Waals surface area contributed by atoms with Crippen LogP contribution in [0.2, 0.25) is 0 Å². The van der Waals surface area contributed by atoms with Gasteiger partial charge < -0.3 is 9.47 Å². The second-order valence-electron chi connectivity index (χ2n) is 6.98. The summed E-state index contributed by atoms with van der Waals surface area (Å²) in [6.45, 7) is 7.31. The number of halogens is 1. The summed E-state index contributed by atoms with van der Waals surface area (Å²) in [4.78, 5) is 4.67. The first-order valence-electron chi connectivity index (χ1n) is 9.28. The molecule has 4 nitrogen and oxygen atoms in total. The van der Waals surface area contributed by atoms with Gasteiger partial charge in [-0.05, 0) is 23.8 Å². The Kier molecular flexibility index (Phi) is 5.48. The van der Waals surface area contributed by atoms with Crippen LogP contribution in [-0.2, 0) is 24.4 Å². The average molecular weight is 356 g/mol. The van der Waals surface area contributed by atoms with Crippen molar-refractivity contribution in [3.8, 4) is 5.75 Å². The number of ether oxygens (including phenoxy) is 2. The van der Waals surface area contributed by atoms with E-state index >= 15 is 0 Å². The summed E-state index contributed by atoms with van der Waals surface area (Å²) in [6.07, 6.45) is 0. The summed E-state index contributed by atoms with van der Waals surface area (Å²) in [6, 6.07) is 13.5. The Bertz CT molecular complexity index is 747. The maximum Gasteiger partial charge on any atom is 0.127 e. The van der Waals surface area contributed by atoms with Crippen LogP contribution >= 0.6 is 0 Å². The first kappa shape index (κ1) is 17.5. The number of nitrogens with zero attached hydrogens (tertiary/aromatic N) is 2. The third kappa shape index (κ3) is 4.23. The van der Waals surface area contributed by atoms with Crippen LogP contribution in [0.5, 0.6) is 5.75 Å². The Balaban J connectivity index is 1.47. The van der Waals surface area contributed by atoms with Crippen LogP contribution in [0.4, 0.5) is 4.39 Å². The van der Waals surface area contributed by atoms with Crippen LogP contribution < -0.4 is 4.74 Å². The lowest BCUT2D eigenvalue weighted by Crippen LogP contribution is -2.35. The van der Waals surface area contributed by atoms with E-state index in [1.54, 1.807) is 6.07 Å². The van der Waals surface area contributed by atoms with Crippen molar-refractivity contribution in [1.29, 1.82) is 0 Å². The van der Waals surface area contributed by atoms with Gasteiger partial charge in [0.05, 0.1) is 13.2 Å². The van der Waals surface area contributed by atoms with Crippen LogP contribution in [0.1, 0.15) is 16.7 Å². The Morgan fingerprint density at radius 1 is 0.885 bits per heavy atom. The van der Waals surface area contributed by atoms with Crippen molar-refractivity contribution in [1.82, 2.24) is 9.80 Å². The maximum atomic E-state index is 14.0. The fourth-order valence-electron chi connectivity index (χ4n) is 3.62. The Hall–Kier alpha value is -1.95. The van der Waals surface area contributed by atoms with E-state index in [-0.39, 0.29) is 5.82 Å². The largest absolute Gasteiger partial charge is 0.492 e. The highest BCUT2D eigenvalue weighted by Crippen LogP contribution is 2.26. The average Bonchev–Trinajstić information content (AvgIpc) is 2.86. The highest BCUT2D eigenvalue weighted by molar-refractivity contribution is 5.38. The molecular weight excluding hydrogens is 331 g/mol. The third-order valence-corrected chi connectivity index (χ3v) is 5.05. The van der Waals surface area contributed by atoms with Crippen LogP contribution in [-0.4, -0.2) is 49.3 Å². The standard InChI is InChI=1S/C21H25FN2O2/c22-20-4-2-1-3-18(20)15-24-9-12-26-21-6-5-17(13-19(21)16-24)14-23-7-10-25-11-8-23/h1-6,13H,7-12,14-16H2. The zero-order valence-electron chi connectivity index (χ0n) is 15.0. The van der Waals surface area contributed by atoms with Gasteiger partial charge in [0.15, 0.2) is 0 Å². The molecule has 0 atom stereocenters. The summed E-state index contributed by atoms with van der Waals surface area (Å²) in [5.41, 5.74) is 3.21. The van der Waals surface area contributed by atoms with Crippen molar-refractivity contribution in [2.45, 2.75) is 19.6 Å². The van der Waals surface area contributed by atoms with E-state index in [9.17, 15) is 4.39 Å². The number of hydrogen-bond acceptors (Lipinski definition) is 4. The quantitative estimate of drug-likeness (QED) is 0.841. The van der Waals surface area contributed by atoms with Crippen LogP contribution in [0.15, 0.2) is 42.5 Å². The molecule has 1 saturated heterocycles. The summed E-state index contributed by atoms with van der Waals surface area (Å²) in [5, 5.41) is 0. The fraction of sp³-hybridized carbons (Fsp3) is 0.429. The van der Waals surface area contributed by atoms with Crippen LogP contribution in [0.25, 0.3) is 0 Å². The van der Waals surface area contributed by atoms with E-state index in [1.165, 1.54) is 17.2 Å². The topological polar surface area (TPSA) is 24.9 Å². The molecule has 26 heavy (non-hydrogen) atoms. The molecule has 0 unspecified atom stereocenters. The van der Waals surface area contributed by atoms with E-state index in [4.69, 9.17) is 9.47 Å². The molecule has 0 radical (unpaired) electrons. The molecule has 2 aliphatic rings. The molecule has 2 aliphatic heterocycles. The molecule has 1 fully saturated rings. The predicted octanol–water partition coefficient (Wildman–Crippen LogP) is 3.05. The predicted molar refractivity (Wildman–Crippen MR) is 98.5 cm³/mol. The van der Waals surface area contributed by atoms with Crippen molar-refractivity contribution in [2.75, 3.05) is 39.5 Å². The lowest BCUT2D eigenvalue weighted by Gasteiger charge is -2.27. The summed E-state index contributed by atoms with van der Waals surface area (Å²) in [7, 11) is 0. The second-order valence-corrected chi connectivity index (χ2v) is 6.98. The highest BCUT2D eigenvalue weighted by Gasteiger charge is 2.18. The Morgan fingerprint density at radius 2 is 1.69 bits per heavy atom. The van der Waals surface area contributed by atoms with Crippen LogP contribution in [0.3, 0.4) is 0 Å². The van der Waals surface area contributed by atoms with E-state index in [0.717, 1.165) is 57.3 Å². The van der Waals surface area contributed by atoms with Gasteiger partial charge in [-0.15, -0.1) is 0 Å². The molecule has 2 heterocycles. The molecule has 0 aromatic heterocycles. The smallest absolute Gasteiger partial charge is 0.127 e. The van der Waals surface area contributed by atoms with Gasteiger partial charge in [0, 0.05) is 50.4 Å². The monoisotopic (exact) mass is 356 g/mol. The van der Waals surface area contributed by atoms with Crippen molar-refractivity contribution in [3.05, 3.63) is 65.0 Å². The molecule has 138 valence electrons. The van der Waals surface area contributed by atoms with Gasteiger partial charge >= 0.3 is 0 Å². The number of rotatable bonds is 4. The van der Waals surface area contributed by atoms with Crippen molar-refractivity contribution >= 4 is 0 Å². The number of morpholine rings is 1. The molecule has 0 spiro atoms. The maximum absolute atomic E-state index is 14.0. The number of benzene rings is 2. The molecule has 0 saturated carbocycles. The van der Waals surface area contributed by atoms with E-state index in [2.05, 4.69) is 28.0 Å². The zero-order valence-corrected chi connectivity index (χ0v) is 15.0. The lowest BCUT2D eigenvalue weighted by atomic mass is 10.1. The molecule has 5 heteroatoms. The van der Waals surface area contributed by atoms with E-state index < -0.39 is 0 Å². The van der Waals surface area contributed by atoms with Crippen molar-refractivity contribution in [3.63, 3.8) is 0 Å². The molecule has 0 aliphatic carbocycles. The summed E-state index contributed by atoms with van der Waals surface area (Å²) in [5.74, 6) is 0.811. The van der Waals surface area contributed by atoms with Gasteiger partial charge in [-0.25, -0.2) is 4.39 Å². The summed E-state index contributed by atoms with van der Waals surface area (Å²) >= 11 is 0. The van der Waals surface area contributed by atoms with Crippen molar-refractivity contribution < 1.29 is 13.9 Å². The summed E-state index contributed by atoms with van der Waals surface area (Å²) < 4.78 is 25.3. The first-order chi connectivity index (χ1) is 12.8. The van der Waals surface area contributed by atoms with Gasteiger partial charge in [-0.1, -0.05) is 24.3 Å². The third-order valence-electron chi connectivity index (χ3n) is 5.05. The SMILES string of the molecule is Fc1ccccc1CN1CCOc2ccc(CN3CCOCC3)cc2C1. The van der Waals surface area contributed by atoms with Crippen molar-refractivity contribution in [2.24, 2.45) is 0 Å². The van der Waals surface area contributed by atoms with Crippen LogP contribution in [0, 0.1) is 5.82 Å². The second kappa shape index (κ2) is 8.16. The minimum atomic E-state index is -0.140. The van der Waals surface area contributed by atoms with Gasteiger partial charge in [0.2, 0.25) is 0 Å². The normalized spacial score (nSPS) is 18.8. The minimum Gasteiger partial charge on any atom is -0.492 e. The van der Waals surface area contributed by atoms with Gasteiger partial charge in [-0.3, -0.25) is 9.80 Å². The number of fused-ring (bicyclic) bond motifs is 1. The molecule has 0 amide bonds. The first-order valence-corrected chi connectivity index (χ1v) is 9.28. The Morgan fingerprint density at radius 3 is 2.54 bits per heavy atom. The van der Waals surface area contributed by atoms with E-state index in [0.29, 0.717) is 13.2 Å². The molecular formula is C21H25FN2O2. The highest BCUT2D eigenvalue weighted by atomic mass is 19.1. The molecule has 2 aromatic rings. The fourth-order valence-corrected chi connectivity index (χ4v) is 3.62. The minimum absolute atomic E-state index is 0.140. The number of hydrogen-bond donors (Lipinski definition) is 0. The van der Waals surface area contributed by atoms with Gasteiger partial charge in [0.1, 0.15) is 18.2 Å². The lowest BCUT2D eigenvalue weighted by molar-refractivity contribution is 0.0342. The molecule has 4 rings (SSSR count). The van der Waals surface area contributed by atoms with Gasteiger partial charge in [0.25, 0.3) is 0 Å². The zero-order chi connectivity index (χ0) is 17.8. The Labute approximate surface area is 154 Å². The molecule has 2 aromatic carbocycles. The van der Waals surface area contributed by atoms with E-state index in [1.807, 2.05) is 12.1 Å². The van der Waals surface area contributed by atoms with Gasteiger partial charge in [-0.2, -0.15) is 0 Å². The molecule has 0 N–H and O–H groups in total.